The molecule has 4 N–H and O–H groups in total. The maximum atomic E-state index is 11.5. The highest BCUT2D eigenvalue weighted by Gasteiger charge is 2.30. The molecule has 1 amide bonds. The van der Waals surface area contributed by atoms with E-state index in [0.717, 1.165) is 5.56 Å². The zero-order chi connectivity index (χ0) is 11.7. The Morgan fingerprint density at radius 2 is 2.12 bits per heavy atom. The number of carboxylic acid groups (broad SMARTS) is 1. The van der Waals surface area contributed by atoms with Crippen molar-refractivity contribution in [2.75, 3.05) is 0 Å². The summed E-state index contributed by atoms with van der Waals surface area (Å²) in [7, 11) is 0. The molecule has 0 fully saturated rings. The van der Waals surface area contributed by atoms with Gasteiger partial charge in [0.25, 0.3) is 0 Å². The minimum atomic E-state index is -1.07. The first-order valence-electron chi connectivity index (χ1n) is 4.96. The number of nitrogens with one attached hydrogen (secondary N) is 1. The first-order chi connectivity index (χ1) is 7.59. The molecule has 2 unspecified atom stereocenters. The molecule has 0 aliphatic carbocycles. The van der Waals surface area contributed by atoms with E-state index in [1.807, 2.05) is 0 Å². The topological polar surface area (TPSA) is 92.4 Å². The second-order valence-electron chi connectivity index (χ2n) is 3.79. The summed E-state index contributed by atoms with van der Waals surface area (Å²) in [5.41, 5.74) is 7.06. The maximum absolute atomic E-state index is 11.5. The molecule has 0 bridgehead atoms. The van der Waals surface area contributed by atoms with Crippen LogP contribution in [0.1, 0.15) is 17.2 Å². The average molecular weight is 220 g/mol. The van der Waals surface area contributed by atoms with Crippen LogP contribution in [0.4, 0.5) is 0 Å². The van der Waals surface area contributed by atoms with Gasteiger partial charge in [0.15, 0.2) is 6.04 Å². The number of fused-ring (bicyclic) bond motifs is 1. The van der Waals surface area contributed by atoms with Crippen LogP contribution in [0.3, 0.4) is 0 Å². The van der Waals surface area contributed by atoms with Crippen LogP contribution in [-0.4, -0.2) is 23.0 Å². The van der Waals surface area contributed by atoms with Crippen molar-refractivity contribution in [1.29, 1.82) is 0 Å². The van der Waals surface area contributed by atoms with Crippen molar-refractivity contribution in [2.45, 2.75) is 18.5 Å². The van der Waals surface area contributed by atoms with Crippen LogP contribution in [0.15, 0.2) is 24.3 Å². The fourth-order valence-electron chi connectivity index (χ4n) is 1.85. The van der Waals surface area contributed by atoms with Gasteiger partial charge in [-0.1, -0.05) is 24.3 Å². The summed E-state index contributed by atoms with van der Waals surface area (Å²) in [4.78, 5) is 22.6. The molecule has 0 radical (unpaired) electrons. The standard InChI is InChI=1S/C11H12N2O3/c12-8-5-6-3-1-2-4-7(6)9(11(15)16)13-10(8)14/h1-4,8-9H,5,12H2,(H,13,14)(H,15,16). The van der Waals surface area contributed by atoms with Crippen molar-refractivity contribution in [3.63, 3.8) is 0 Å². The Kier molecular flexibility index (Phi) is 2.62. The Hall–Kier alpha value is -1.88. The van der Waals surface area contributed by atoms with E-state index >= 15 is 0 Å². The normalized spacial score (nSPS) is 24.2. The van der Waals surface area contributed by atoms with E-state index in [0.29, 0.717) is 12.0 Å². The number of nitrogens with two attached hydrogens (primary N) is 1. The van der Waals surface area contributed by atoms with E-state index in [1.165, 1.54) is 0 Å². The maximum Gasteiger partial charge on any atom is 0.330 e. The summed E-state index contributed by atoms with van der Waals surface area (Å²) in [6, 6.07) is 5.36. The van der Waals surface area contributed by atoms with E-state index in [2.05, 4.69) is 5.32 Å². The van der Waals surface area contributed by atoms with Crippen molar-refractivity contribution in [3.05, 3.63) is 35.4 Å². The summed E-state index contributed by atoms with van der Waals surface area (Å²) in [6.45, 7) is 0. The number of hydrogen-bond donors (Lipinski definition) is 3. The van der Waals surface area contributed by atoms with Crippen LogP contribution in [0.2, 0.25) is 0 Å². The number of rotatable bonds is 1. The van der Waals surface area contributed by atoms with Gasteiger partial charge in [-0.2, -0.15) is 0 Å². The quantitative estimate of drug-likeness (QED) is 0.611. The highest BCUT2D eigenvalue weighted by atomic mass is 16.4. The lowest BCUT2D eigenvalue weighted by molar-refractivity contribution is -0.142. The third kappa shape index (κ3) is 1.77. The van der Waals surface area contributed by atoms with Crippen LogP contribution >= 0.6 is 0 Å². The minimum absolute atomic E-state index is 0.367. The number of benzene rings is 1. The molecule has 2 atom stereocenters. The molecular weight excluding hydrogens is 208 g/mol. The number of aliphatic carboxylic acids is 1. The van der Waals surface area contributed by atoms with E-state index in [-0.39, 0.29) is 0 Å². The number of amides is 1. The van der Waals surface area contributed by atoms with Gasteiger partial charge in [0, 0.05) is 0 Å². The Labute approximate surface area is 92.3 Å². The predicted molar refractivity (Wildman–Crippen MR) is 56.6 cm³/mol. The number of carbonyl (C=O) groups excluding carboxylic acids is 1. The van der Waals surface area contributed by atoms with Gasteiger partial charge in [-0.25, -0.2) is 4.79 Å². The van der Waals surface area contributed by atoms with Gasteiger partial charge in [0.05, 0.1) is 6.04 Å². The second kappa shape index (κ2) is 3.94. The first kappa shape index (κ1) is 10.6. The van der Waals surface area contributed by atoms with Gasteiger partial charge in [-0.05, 0) is 17.5 Å². The molecule has 84 valence electrons. The van der Waals surface area contributed by atoms with Crippen LogP contribution < -0.4 is 11.1 Å². The Morgan fingerprint density at radius 3 is 2.81 bits per heavy atom. The van der Waals surface area contributed by atoms with Crippen molar-refractivity contribution < 1.29 is 14.7 Å². The summed E-state index contributed by atoms with van der Waals surface area (Å²) >= 11 is 0. The van der Waals surface area contributed by atoms with Crippen LogP contribution in [0, 0.1) is 0 Å². The largest absolute Gasteiger partial charge is 0.479 e. The SMILES string of the molecule is NC1Cc2ccccc2C(C(=O)O)NC1=O. The van der Waals surface area contributed by atoms with Crippen molar-refractivity contribution in [3.8, 4) is 0 Å². The minimum Gasteiger partial charge on any atom is -0.479 e. The fourth-order valence-corrected chi connectivity index (χ4v) is 1.85. The number of carboxylic acids is 1. The molecular formula is C11H12N2O3. The van der Waals surface area contributed by atoms with E-state index in [1.54, 1.807) is 24.3 Å². The molecule has 1 aliphatic rings. The van der Waals surface area contributed by atoms with Crippen molar-refractivity contribution >= 4 is 11.9 Å². The molecule has 1 aromatic carbocycles. The molecule has 0 aromatic heterocycles. The molecule has 5 heteroatoms. The van der Waals surface area contributed by atoms with Crippen LogP contribution in [0.5, 0.6) is 0 Å². The molecule has 0 spiro atoms. The molecule has 1 aliphatic heterocycles. The number of hydrogen-bond acceptors (Lipinski definition) is 3. The first-order valence-corrected chi connectivity index (χ1v) is 4.96. The van der Waals surface area contributed by atoms with Crippen molar-refractivity contribution in [2.24, 2.45) is 5.73 Å². The lowest BCUT2D eigenvalue weighted by Gasteiger charge is -2.13. The Balaban J connectivity index is 2.49. The monoisotopic (exact) mass is 220 g/mol. The van der Waals surface area contributed by atoms with Crippen LogP contribution in [-0.2, 0) is 16.0 Å². The molecule has 2 rings (SSSR count). The molecule has 1 heterocycles. The highest BCUT2D eigenvalue weighted by Crippen LogP contribution is 2.22. The highest BCUT2D eigenvalue weighted by molar-refractivity contribution is 5.89. The smallest absolute Gasteiger partial charge is 0.330 e. The van der Waals surface area contributed by atoms with Gasteiger partial charge in [-0.3, -0.25) is 4.79 Å². The molecule has 0 saturated heterocycles. The summed E-state index contributed by atoms with van der Waals surface area (Å²) in [5, 5.41) is 11.5. The molecule has 0 saturated carbocycles. The lowest BCUT2D eigenvalue weighted by atomic mass is 9.98. The van der Waals surface area contributed by atoms with Gasteiger partial charge in [0.2, 0.25) is 5.91 Å². The van der Waals surface area contributed by atoms with Gasteiger partial charge >= 0.3 is 5.97 Å². The van der Waals surface area contributed by atoms with Crippen molar-refractivity contribution in [1.82, 2.24) is 5.32 Å². The summed E-state index contributed by atoms with van der Waals surface area (Å²) in [6.07, 6.45) is 0.367. The lowest BCUT2D eigenvalue weighted by Crippen LogP contribution is -2.42. The molecule has 1 aromatic rings. The zero-order valence-corrected chi connectivity index (χ0v) is 8.51. The summed E-state index contributed by atoms with van der Waals surface area (Å²) in [5.74, 6) is -1.50. The van der Waals surface area contributed by atoms with Gasteiger partial charge in [-0.15, -0.1) is 0 Å². The average Bonchev–Trinajstić information content (AvgIpc) is 2.37. The molecule has 16 heavy (non-hydrogen) atoms. The molecule has 5 nitrogen and oxygen atoms in total. The third-order valence-electron chi connectivity index (χ3n) is 2.68. The zero-order valence-electron chi connectivity index (χ0n) is 8.51. The predicted octanol–water partition coefficient (Wildman–Crippen LogP) is -0.188. The third-order valence-corrected chi connectivity index (χ3v) is 2.68. The summed E-state index contributed by atoms with van der Waals surface area (Å²) < 4.78 is 0. The fraction of sp³-hybridized carbons (Fsp3) is 0.273. The van der Waals surface area contributed by atoms with Crippen LogP contribution in [0.25, 0.3) is 0 Å². The van der Waals surface area contributed by atoms with E-state index in [4.69, 9.17) is 10.8 Å². The Bertz CT molecular complexity index is 445. The number of carbonyl (C=O) groups is 2. The second-order valence-corrected chi connectivity index (χ2v) is 3.79. The Morgan fingerprint density at radius 1 is 1.44 bits per heavy atom. The van der Waals surface area contributed by atoms with E-state index < -0.39 is 24.0 Å². The van der Waals surface area contributed by atoms with Gasteiger partial charge in [0.1, 0.15) is 0 Å². The van der Waals surface area contributed by atoms with Gasteiger partial charge < -0.3 is 16.2 Å². The van der Waals surface area contributed by atoms with E-state index in [9.17, 15) is 9.59 Å².